The van der Waals surface area contributed by atoms with Crippen LogP contribution in [0.1, 0.15) is 48.9 Å². The summed E-state index contributed by atoms with van der Waals surface area (Å²) < 4.78 is 2.10. The Morgan fingerprint density at radius 2 is 2.25 bits per heavy atom. The summed E-state index contributed by atoms with van der Waals surface area (Å²) in [4.78, 5) is 0. The maximum atomic E-state index is 4.52. The van der Waals surface area contributed by atoms with Crippen LogP contribution in [0, 0.1) is 0 Å². The molecular weight excluding hydrogens is 246 g/mol. The number of fused-ring (bicyclic) bond motifs is 1. The van der Waals surface area contributed by atoms with E-state index in [2.05, 4.69) is 59.4 Å². The van der Waals surface area contributed by atoms with Crippen molar-refractivity contribution in [3.8, 4) is 0 Å². The van der Waals surface area contributed by atoms with Crippen molar-refractivity contribution in [2.24, 2.45) is 0 Å². The smallest absolute Gasteiger partial charge is 0.0537 e. The van der Waals surface area contributed by atoms with Crippen LogP contribution >= 0.6 is 0 Å². The van der Waals surface area contributed by atoms with Crippen LogP contribution in [0.5, 0.6) is 0 Å². The highest BCUT2D eigenvalue weighted by atomic mass is 15.3. The first-order valence-corrected chi connectivity index (χ1v) is 7.61. The van der Waals surface area contributed by atoms with Gasteiger partial charge in [-0.25, -0.2) is 0 Å². The van der Waals surface area contributed by atoms with Crippen molar-refractivity contribution in [3.05, 3.63) is 53.3 Å². The summed E-state index contributed by atoms with van der Waals surface area (Å²) in [5, 5.41) is 8.02. The highest BCUT2D eigenvalue weighted by molar-refractivity contribution is 5.39. The van der Waals surface area contributed by atoms with E-state index in [1.54, 1.807) is 0 Å². The number of nitrogens with one attached hydrogen (secondary N) is 1. The summed E-state index contributed by atoms with van der Waals surface area (Å²) in [6, 6.07) is 9.13. The molecule has 106 valence electrons. The van der Waals surface area contributed by atoms with E-state index in [4.69, 9.17) is 0 Å². The van der Waals surface area contributed by atoms with Crippen LogP contribution in [0.15, 0.2) is 36.7 Å². The van der Waals surface area contributed by atoms with E-state index in [1.165, 1.54) is 23.1 Å². The normalized spacial score (nSPS) is 18.4. The van der Waals surface area contributed by atoms with Crippen molar-refractivity contribution in [1.29, 1.82) is 0 Å². The minimum atomic E-state index is 0.386. The molecule has 0 radical (unpaired) electrons. The summed E-state index contributed by atoms with van der Waals surface area (Å²) in [6.45, 7) is 6.45. The molecule has 2 unspecified atom stereocenters. The first kappa shape index (κ1) is 13.4. The lowest BCUT2D eigenvalue weighted by Gasteiger charge is -2.29. The van der Waals surface area contributed by atoms with Crippen LogP contribution < -0.4 is 5.32 Å². The zero-order valence-corrected chi connectivity index (χ0v) is 12.3. The quantitative estimate of drug-likeness (QED) is 0.872. The molecule has 0 amide bonds. The number of nitrogens with zero attached hydrogens (tertiary/aromatic N) is 2. The van der Waals surface area contributed by atoms with Gasteiger partial charge in [-0.15, -0.1) is 0 Å². The Labute approximate surface area is 121 Å². The number of hydrogen-bond acceptors (Lipinski definition) is 2. The van der Waals surface area contributed by atoms with Crippen LogP contribution in [0.4, 0.5) is 0 Å². The molecule has 1 N–H and O–H groups in total. The molecule has 20 heavy (non-hydrogen) atoms. The second-order valence-corrected chi connectivity index (χ2v) is 5.77. The molecule has 1 aromatic carbocycles. The van der Waals surface area contributed by atoms with E-state index in [9.17, 15) is 0 Å². The predicted molar refractivity (Wildman–Crippen MR) is 81.8 cm³/mol. The van der Waals surface area contributed by atoms with Crippen LogP contribution in [-0.4, -0.2) is 16.3 Å². The molecule has 1 aliphatic carbocycles. The van der Waals surface area contributed by atoms with Gasteiger partial charge in [-0.05, 0) is 37.4 Å². The Morgan fingerprint density at radius 3 is 3.05 bits per heavy atom. The molecule has 1 aromatic heterocycles. The Morgan fingerprint density at radius 1 is 1.40 bits per heavy atom. The second kappa shape index (κ2) is 5.80. The van der Waals surface area contributed by atoms with Gasteiger partial charge >= 0.3 is 0 Å². The van der Waals surface area contributed by atoms with Gasteiger partial charge in [0.05, 0.1) is 6.20 Å². The van der Waals surface area contributed by atoms with Gasteiger partial charge < -0.3 is 5.32 Å². The lowest BCUT2D eigenvalue weighted by molar-refractivity contribution is 0.474. The van der Waals surface area contributed by atoms with E-state index >= 15 is 0 Å². The summed E-state index contributed by atoms with van der Waals surface area (Å²) in [7, 11) is 0. The molecule has 1 heterocycles. The predicted octanol–water partition coefficient (Wildman–Crippen LogP) is 3.28. The van der Waals surface area contributed by atoms with Gasteiger partial charge in [0.2, 0.25) is 0 Å². The van der Waals surface area contributed by atoms with Crippen molar-refractivity contribution in [3.63, 3.8) is 0 Å². The third-order valence-corrected chi connectivity index (χ3v) is 4.22. The fourth-order valence-corrected chi connectivity index (χ4v) is 2.93. The molecule has 2 atom stereocenters. The molecule has 0 spiro atoms. The van der Waals surface area contributed by atoms with Crippen molar-refractivity contribution in [2.75, 3.05) is 6.54 Å². The topological polar surface area (TPSA) is 29.9 Å². The van der Waals surface area contributed by atoms with Crippen molar-refractivity contribution in [2.45, 2.75) is 45.2 Å². The molecule has 0 aliphatic heterocycles. The molecule has 3 heteroatoms. The first-order valence-electron chi connectivity index (χ1n) is 7.61. The molecule has 2 aromatic rings. The lowest BCUT2D eigenvalue weighted by Crippen LogP contribution is -2.22. The number of rotatable bonds is 6. The Balaban J connectivity index is 1.61. The zero-order valence-electron chi connectivity index (χ0n) is 12.3. The molecule has 0 saturated carbocycles. The fraction of sp³-hybridized carbons (Fsp3) is 0.471. The Hall–Kier alpha value is -1.61. The average Bonchev–Trinajstić information content (AvgIpc) is 2.91. The number of benzene rings is 1. The van der Waals surface area contributed by atoms with Gasteiger partial charge in [0.25, 0.3) is 0 Å². The average molecular weight is 269 g/mol. The van der Waals surface area contributed by atoms with E-state index in [0.717, 1.165) is 19.5 Å². The maximum absolute atomic E-state index is 4.52. The molecule has 3 rings (SSSR count). The van der Waals surface area contributed by atoms with Crippen molar-refractivity contribution < 1.29 is 0 Å². The van der Waals surface area contributed by atoms with E-state index in [0.29, 0.717) is 12.0 Å². The van der Waals surface area contributed by atoms with Gasteiger partial charge in [0.1, 0.15) is 0 Å². The summed E-state index contributed by atoms with van der Waals surface area (Å²) in [5.41, 5.74) is 4.29. The van der Waals surface area contributed by atoms with Crippen molar-refractivity contribution in [1.82, 2.24) is 15.1 Å². The third-order valence-electron chi connectivity index (χ3n) is 4.22. The highest BCUT2D eigenvalue weighted by Crippen LogP contribution is 2.35. The van der Waals surface area contributed by atoms with Gasteiger partial charge in [0.15, 0.2) is 0 Å². The molecular formula is C17H23N3. The van der Waals surface area contributed by atoms with Crippen LogP contribution in [0.25, 0.3) is 0 Å². The summed E-state index contributed by atoms with van der Waals surface area (Å²) in [5.74, 6) is 0.637. The zero-order chi connectivity index (χ0) is 13.9. The number of aromatic nitrogens is 2. The third kappa shape index (κ3) is 2.63. The van der Waals surface area contributed by atoms with E-state index in [-0.39, 0.29) is 0 Å². The van der Waals surface area contributed by atoms with Gasteiger partial charge in [-0.2, -0.15) is 5.10 Å². The minimum Gasteiger partial charge on any atom is -0.310 e. The molecule has 3 nitrogen and oxygen atoms in total. The summed E-state index contributed by atoms with van der Waals surface area (Å²) in [6.07, 6.45) is 6.54. The first-order chi connectivity index (χ1) is 9.78. The van der Waals surface area contributed by atoms with Crippen LogP contribution in [0.3, 0.4) is 0 Å². The monoisotopic (exact) mass is 269 g/mol. The molecule has 0 saturated heterocycles. The Bertz CT molecular complexity index is 573. The van der Waals surface area contributed by atoms with Gasteiger partial charge in [-0.3, -0.25) is 4.68 Å². The minimum absolute atomic E-state index is 0.386. The second-order valence-electron chi connectivity index (χ2n) is 5.77. The van der Waals surface area contributed by atoms with Crippen LogP contribution in [-0.2, 0) is 13.0 Å². The highest BCUT2D eigenvalue weighted by Gasteiger charge is 2.25. The van der Waals surface area contributed by atoms with Gasteiger partial charge in [0, 0.05) is 30.3 Å². The SMILES string of the molecule is CCCNC(C)c1cnn(CC2Cc3ccccc32)c1. The Kier molecular flexibility index (Phi) is 3.88. The van der Waals surface area contributed by atoms with E-state index < -0.39 is 0 Å². The standard InChI is InChI=1S/C17H23N3/c1-3-8-18-13(2)16-10-19-20(12-16)11-15-9-14-6-4-5-7-17(14)15/h4-7,10,12-13,15,18H,3,8-9,11H2,1-2H3. The van der Waals surface area contributed by atoms with Crippen molar-refractivity contribution >= 4 is 0 Å². The summed E-state index contributed by atoms with van der Waals surface area (Å²) >= 11 is 0. The number of hydrogen-bond donors (Lipinski definition) is 1. The van der Waals surface area contributed by atoms with E-state index in [1.807, 2.05) is 6.20 Å². The lowest BCUT2D eigenvalue weighted by atomic mass is 9.78. The molecule has 0 bridgehead atoms. The van der Waals surface area contributed by atoms with Crippen LogP contribution in [0.2, 0.25) is 0 Å². The molecule has 1 aliphatic rings. The largest absolute Gasteiger partial charge is 0.310 e. The van der Waals surface area contributed by atoms with Gasteiger partial charge in [-0.1, -0.05) is 31.2 Å². The fourth-order valence-electron chi connectivity index (χ4n) is 2.93. The maximum Gasteiger partial charge on any atom is 0.0537 e. The molecule has 0 fully saturated rings.